The monoisotopic (exact) mass is 604 g/mol. The molecule has 0 aromatic heterocycles. The highest BCUT2D eigenvalue weighted by molar-refractivity contribution is 6.05. The third-order valence-corrected chi connectivity index (χ3v) is 7.22. The number of unbranched alkanes of at least 4 members (excludes halogenated alkanes) is 4. The van der Waals surface area contributed by atoms with E-state index in [0.717, 1.165) is 43.2 Å². The topological polar surface area (TPSA) is 116 Å². The molecule has 0 unspecified atom stereocenters. The molecule has 0 radical (unpaired) electrons. The van der Waals surface area contributed by atoms with Gasteiger partial charge in [0.2, 0.25) is 11.8 Å². The highest BCUT2D eigenvalue weighted by atomic mass is 16.2. The summed E-state index contributed by atoms with van der Waals surface area (Å²) < 4.78 is 0. The molecule has 8 heteroatoms. The molecule has 0 aliphatic heterocycles. The fraction of sp³-hybridized carbons (Fsp3) is 0.243. The van der Waals surface area contributed by atoms with Crippen LogP contribution in [0.1, 0.15) is 76.8 Å². The number of aryl methyl sites for hydroxylation is 2. The van der Waals surface area contributed by atoms with Crippen molar-refractivity contribution in [3.63, 3.8) is 0 Å². The molecular formula is C37H40N4O4. The summed E-state index contributed by atoms with van der Waals surface area (Å²) in [7, 11) is 0. The number of hydrogen-bond acceptors (Lipinski definition) is 4. The lowest BCUT2D eigenvalue weighted by atomic mass is 10.1. The molecule has 0 fully saturated rings. The molecule has 45 heavy (non-hydrogen) atoms. The Morgan fingerprint density at radius 1 is 0.444 bits per heavy atom. The Labute approximate surface area is 264 Å². The molecule has 0 bridgehead atoms. The maximum absolute atomic E-state index is 12.4. The molecule has 0 atom stereocenters. The molecule has 8 nitrogen and oxygen atoms in total. The second-order valence-electron chi connectivity index (χ2n) is 11.2. The standard InChI is InChI=1S/C37H40N4O4/c1-26-10-8-12-28(24-26)36(44)40-32-20-16-30(17-21-32)38-34(42)14-6-4-3-5-7-15-35(43)39-31-18-22-33(23-19-31)41-37(45)29-13-9-11-27(2)25-29/h8-13,16-25H,3-7,14-15H2,1-2H3,(H,38,42)(H,39,43)(H,40,44)(H,41,45). The molecule has 4 N–H and O–H groups in total. The molecule has 4 amide bonds. The molecular weight excluding hydrogens is 564 g/mol. The van der Waals surface area contributed by atoms with Gasteiger partial charge in [-0.3, -0.25) is 19.2 Å². The van der Waals surface area contributed by atoms with Crippen molar-refractivity contribution in [1.29, 1.82) is 0 Å². The molecule has 0 heterocycles. The highest BCUT2D eigenvalue weighted by Gasteiger charge is 2.09. The molecule has 4 aromatic carbocycles. The van der Waals surface area contributed by atoms with E-state index >= 15 is 0 Å². The predicted octanol–water partition coefficient (Wildman–Crippen LogP) is 8.12. The van der Waals surface area contributed by atoms with Crippen LogP contribution in [0.3, 0.4) is 0 Å². The fourth-order valence-electron chi connectivity index (χ4n) is 4.80. The van der Waals surface area contributed by atoms with Crippen molar-refractivity contribution in [2.24, 2.45) is 0 Å². The van der Waals surface area contributed by atoms with Crippen LogP contribution in [0.4, 0.5) is 22.7 Å². The largest absolute Gasteiger partial charge is 0.326 e. The lowest BCUT2D eigenvalue weighted by molar-refractivity contribution is -0.117. The lowest BCUT2D eigenvalue weighted by Crippen LogP contribution is -2.13. The summed E-state index contributed by atoms with van der Waals surface area (Å²) in [5.74, 6) is -0.453. The van der Waals surface area contributed by atoms with Crippen LogP contribution in [-0.4, -0.2) is 23.6 Å². The Kier molecular flexibility index (Phi) is 12.0. The van der Waals surface area contributed by atoms with E-state index in [1.165, 1.54) is 0 Å². The van der Waals surface area contributed by atoms with E-state index in [0.29, 0.717) is 46.7 Å². The lowest BCUT2D eigenvalue weighted by Gasteiger charge is -2.09. The molecule has 0 saturated heterocycles. The minimum Gasteiger partial charge on any atom is -0.326 e. The van der Waals surface area contributed by atoms with Gasteiger partial charge in [-0.25, -0.2) is 0 Å². The van der Waals surface area contributed by atoms with Gasteiger partial charge in [0.15, 0.2) is 0 Å². The first-order chi connectivity index (χ1) is 21.7. The van der Waals surface area contributed by atoms with Crippen LogP contribution in [0.25, 0.3) is 0 Å². The maximum Gasteiger partial charge on any atom is 0.255 e. The maximum atomic E-state index is 12.4. The van der Waals surface area contributed by atoms with Crippen LogP contribution >= 0.6 is 0 Å². The number of hydrogen-bond donors (Lipinski definition) is 4. The van der Waals surface area contributed by atoms with E-state index in [1.807, 2.05) is 50.2 Å². The van der Waals surface area contributed by atoms with Gasteiger partial charge in [0, 0.05) is 46.7 Å². The number of nitrogens with one attached hydrogen (secondary N) is 4. The number of anilines is 4. The van der Waals surface area contributed by atoms with Crippen molar-refractivity contribution in [3.05, 3.63) is 119 Å². The third-order valence-electron chi connectivity index (χ3n) is 7.22. The van der Waals surface area contributed by atoms with Gasteiger partial charge in [-0.2, -0.15) is 0 Å². The van der Waals surface area contributed by atoms with Crippen molar-refractivity contribution < 1.29 is 19.2 Å². The fourth-order valence-corrected chi connectivity index (χ4v) is 4.80. The summed E-state index contributed by atoms with van der Waals surface area (Å²) in [6.45, 7) is 3.88. The Morgan fingerprint density at radius 2 is 0.778 bits per heavy atom. The van der Waals surface area contributed by atoms with Gasteiger partial charge < -0.3 is 21.3 Å². The first-order valence-electron chi connectivity index (χ1n) is 15.3. The Bertz CT molecular complexity index is 1490. The number of amides is 4. The summed E-state index contributed by atoms with van der Waals surface area (Å²) in [6.07, 6.45) is 5.17. The number of carbonyl (C=O) groups excluding carboxylic acids is 4. The minimum absolute atomic E-state index is 0.0494. The van der Waals surface area contributed by atoms with E-state index in [2.05, 4.69) is 21.3 Å². The molecule has 0 saturated carbocycles. The summed E-state index contributed by atoms with van der Waals surface area (Å²) in [4.78, 5) is 49.5. The first-order valence-corrected chi connectivity index (χ1v) is 15.3. The van der Waals surface area contributed by atoms with Gasteiger partial charge in [0.05, 0.1) is 0 Å². The van der Waals surface area contributed by atoms with Crippen molar-refractivity contribution in [2.75, 3.05) is 21.3 Å². The summed E-state index contributed by atoms with van der Waals surface area (Å²) in [6, 6.07) is 28.9. The van der Waals surface area contributed by atoms with Crippen LogP contribution in [0.15, 0.2) is 97.1 Å². The van der Waals surface area contributed by atoms with Gasteiger partial charge in [-0.15, -0.1) is 0 Å². The number of benzene rings is 4. The SMILES string of the molecule is Cc1cccc(C(=O)Nc2ccc(NC(=O)CCCCCCCC(=O)Nc3ccc(NC(=O)c4cccc(C)c4)cc3)cc2)c1. The average molecular weight is 605 g/mol. The van der Waals surface area contributed by atoms with Crippen LogP contribution in [0, 0.1) is 13.8 Å². The van der Waals surface area contributed by atoms with Crippen molar-refractivity contribution in [1.82, 2.24) is 0 Å². The van der Waals surface area contributed by atoms with Crippen LogP contribution < -0.4 is 21.3 Å². The van der Waals surface area contributed by atoms with Crippen molar-refractivity contribution in [3.8, 4) is 0 Å². The quantitative estimate of drug-likeness (QED) is 0.109. The first kappa shape index (κ1) is 32.7. The second kappa shape index (κ2) is 16.6. The van der Waals surface area contributed by atoms with E-state index in [-0.39, 0.29) is 23.6 Å². The van der Waals surface area contributed by atoms with Crippen LogP contribution in [-0.2, 0) is 9.59 Å². The van der Waals surface area contributed by atoms with Crippen molar-refractivity contribution in [2.45, 2.75) is 58.8 Å². The normalized spacial score (nSPS) is 10.5. The van der Waals surface area contributed by atoms with Crippen LogP contribution in [0.2, 0.25) is 0 Å². The zero-order valence-electron chi connectivity index (χ0n) is 25.8. The van der Waals surface area contributed by atoms with E-state index in [9.17, 15) is 19.2 Å². The van der Waals surface area contributed by atoms with E-state index in [1.54, 1.807) is 60.7 Å². The second-order valence-corrected chi connectivity index (χ2v) is 11.2. The Hall–Kier alpha value is -5.24. The Balaban J connectivity index is 1.05. The van der Waals surface area contributed by atoms with Gasteiger partial charge in [0.1, 0.15) is 0 Å². The summed E-state index contributed by atoms with van der Waals surface area (Å²) in [5, 5.41) is 11.5. The number of carbonyl (C=O) groups is 4. The van der Waals surface area contributed by atoms with Gasteiger partial charge in [-0.1, -0.05) is 54.7 Å². The van der Waals surface area contributed by atoms with Gasteiger partial charge in [0.25, 0.3) is 11.8 Å². The van der Waals surface area contributed by atoms with Gasteiger partial charge in [-0.05, 0) is 99.5 Å². The highest BCUT2D eigenvalue weighted by Crippen LogP contribution is 2.18. The summed E-state index contributed by atoms with van der Waals surface area (Å²) >= 11 is 0. The zero-order valence-corrected chi connectivity index (χ0v) is 25.8. The molecule has 0 spiro atoms. The van der Waals surface area contributed by atoms with Crippen molar-refractivity contribution >= 4 is 46.4 Å². The molecule has 0 aliphatic rings. The zero-order chi connectivity index (χ0) is 32.0. The smallest absolute Gasteiger partial charge is 0.255 e. The molecule has 4 rings (SSSR count). The van der Waals surface area contributed by atoms with E-state index < -0.39 is 0 Å². The number of rotatable bonds is 14. The average Bonchev–Trinajstić information content (AvgIpc) is 3.02. The van der Waals surface area contributed by atoms with Gasteiger partial charge >= 0.3 is 0 Å². The molecule has 232 valence electrons. The third kappa shape index (κ3) is 11.1. The predicted molar refractivity (Wildman–Crippen MR) is 181 cm³/mol. The van der Waals surface area contributed by atoms with E-state index in [4.69, 9.17) is 0 Å². The molecule has 0 aliphatic carbocycles. The Morgan fingerprint density at radius 3 is 1.13 bits per heavy atom. The minimum atomic E-state index is -0.177. The molecule has 4 aromatic rings. The summed E-state index contributed by atoms with van der Waals surface area (Å²) in [5.41, 5.74) is 5.91. The van der Waals surface area contributed by atoms with Crippen LogP contribution in [0.5, 0.6) is 0 Å².